The topological polar surface area (TPSA) is 87.0 Å². The lowest BCUT2D eigenvalue weighted by Crippen LogP contribution is -2.23. The normalized spacial score (nSPS) is 24.8. The van der Waals surface area contributed by atoms with E-state index >= 15 is 0 Å². The van der Waals surface area contributed by atoms with E-state index in [1.807, 2.05) is 0 Å². The summed E-state index contributed by atoms with van der Waals surface area (Å²) in [5.41, 5.74) is 11.3. The molecular weight excluding hydrogens is 236 g/mol. The van der Waals surface area contributed by atoms with Crippen LogP contribution in [0.5, 0.6) is 0 Å². The maximum Gasteiger partial charge on any atom is 0.191 e. The standard InChI is InChI=1S/C11H18N4OS/c1-16-7-3-2-4-8(5-7)17-11-14-9(12)6-10(13)15-11/h6-8H,2-5H2,1H3,(H4,12,13,14,15). The van der Waals surface area contributed by atoms with E-state index in [1.165, 1.54) is 12.8 Å². The average molecular weight is 254 g/mol. The van der Waals surface area contributed by atoms with Gasteiger partial charge in [0.1, 0.15) is 11.6 Å². The van der Waals surface area contributed by atoms with Gasteiger partial charge in [-0.05, 0) is 25.7 Å². The molecule has 4 N–H and O–H groups in total. The molecule has 17 heavy (non-hydrogen) atoms. The molecule has 6 heteroatoms. The Morgan fingerprint density at radius 2 is 2.00 bits per heavy atom. The minimum atomic E-state index is 0.361. The van der Waals surface area contributed by atoms with Crippen LogP contribution in [0.1, 0.15) is 25.7 Å². The van der Waals surface area contributed by atoms with Crippen LogP contribution >= 0.6 is 11.8 Å². The number of hydrogen-bond acceptors (Lipinski definition) is 6. The Hall–Kier alpha value is -1.01. The predicted octanol–water partition coefficient (Wildman–Crippen LogP) is 1.69. The monoisotopic (exact) mass is 254 g/mol. The Bertz CT molecular complexity index is 367. The van der Waals surface area contributed by atoms with Crippen LogP contribution in [0.25, 0.3) is 0 Å². The first-order valence-corrected chi connectivity index (χ1v) is 6.65. The van der Waals surface area contributed by atoms with Gasteiger partial charge in [-0.3, -0.25) is 0 Å². The first-order chi connectivity index (χ1) is 8.17. The maximum absolute atomic E-state index is 5.65. The quantitative estimate of drug-likeness (QED) is 0.798. The molecule has 0 aliphatic heterocycles. The van der Waals surface area contributed by atoms with Crippen molar-refractivity contribution in [1.82, 2.24) is 9.97 Å². The highest BCUT2D eigenvalue weighted by molar-refractivity contribution is 7.99. The number of rotatable bonds is 3. The van der Waals surface area contributed by atoms with Crippen molar-refractivity contribution in [3.63, 3.8) is 0 Å². The zero-order valence-corrected chi connectivity index (χ0v) is 10.7. The summed E-state index contributed by atoms with van der Waals surface area (Å²) < 4.78 is 5.40. The van der Waals surface area contributed by atoms with Crippen LogP contribution in [-0.2, 0) is 4.74 Å². The lowest BCUT2D eigenvalue weighted by molar-refractivity contribution is 0.0730. The number of nitrogens with zero attached hydrogens (tertiary/aromatic N) is 2. The van der Waals surface area contributed by atoms with Gasteiger partial charge in [-0.1, -0.05) is 11.8 Å². The lowest BCUT2D eigenvalue weighted by atomic mass is 9.97. The van der Waals surface area contributed by atoms with Crippen LogP contribution in [0, 0.1) is 0 Å². The first kappa shape index (κ1) is 12.4. The first-order valence-electron chi connectivity index (χ1n) is 5.77. The van der Waals surface area contributed by atoms with Gasteiger partial charge in [0.05, 0.1) is 6.10 Å². The minimum Gasteiger partial charge on any atom is -0.383 e. The SMILES string of the molecule is COC1CCCC(Sc2nc(N)cc(N)n2)C1. The van der Waals surface area contributed by atoms with Gasteiger partial charge in [0.15, 0.2) is 5.16 Å². The molecule has 0 bridgehead atoms. The van der Waals surface area contributed by atoms with E-state index in [0.29, 0.717) is 28.1 Å². The summed E-state index contributed by atoms with van der Waals surface area (Å²) >= 11 is 1.65. The highest BCUT2D eigenvalue weighted by Gasteiger charge is 2.23. The highest BCUT2D eigenvalue weighted by atomic mass is 32.2. The Morgan fingerprint density at radius 3 is 2.65 bits per heavy atom. The molecule has 0 saturated heterocycles. The number of anilines is 2. The Labute approximate surface area is 105 Å². The van der Waals surface area contributed by atoms with Crippen molar-refractivity contribution in [2.45, 2.75) is 42.2 Å². The zero-order chi connectivity index (χ0) is 12.3. The molecule has 0 aromatic carbocycles. The summed E-state index contributed by atoms with van der Waals surface area (Å²) in [7, 11) is 1.77. The van der Waals surface area contributed by atoms with Crippen molar-refractivity contribution in [3.8, 4) is 0 Å². The molecule has 1 fully saturated rings. The maximum atomic E-state index is 5.65. The fourth-order valence-electron chi connectivity index (χ4n) is 2.09. The fourth-order valence-corrected chi connectivity index (χ4v) is 3.30. The number of hydrogen-bond donors (Lipinski definition) is 2. The molecule has 1 aromatic rings. The van der Waals surface area contributed by atoms with E-state index in [0.717, 1.165) is 12.8 Å². The van der Waals surface area contributed by atoms with E-state index < -0.39 is 0 Å². The van der Waals surface area contributed by atoms with E-state index in [9.17, 15) is 0 Å². The molecule has 1 aromatic heterocycles. The molecule has 1 aliphatic carbocycles. The van der Waals surface area contributed by atoms with E-state index in [2.05, 4.69) is 9.97 Å². The predicted molar refractivity (Wildman–Crippen MR) is 69.8 cm³/mol. The van der Waals surface area contributed by atoms with Crippen molar-refractivity contribution in [1.29, 1.82) is 0 Å². The van der Waals surface area contributed by atoms with Crippen molar-refractivity contribution in [2.75, 3.05) is 18.6 Å². The third-order valence-electron chi connectivity index (χ3n) is 2.93. The summed E-state index contributed by atoms with van der Waals surface area (Å²) in [6.45, 7) is 0. The number of thioether (sulfide) groups is 1. The molecule has 0 amide bonds. The molecule has 1 aliphatic rings. The van der Waals surface area contributed by atoms with Crippen LogP contribution in [0.3, 0.4) is 0 Å². The van der Waals surface area contributed by atoms with Gasteiger partial charge in [0, 0.05) is 18.4 Å². The summed E-state index contributed by atoms with van der Waals surface area (Å²) in [4.78, 5) is 8.38. The van der Waals surface area contributed by atoms with Gasteiger partial charge in [0.2, 0.25) is 0 Å². The second-order valence-electron chi connectivity index (χ2n) is 4.26. The van der Waals surface area contributed by atoms with E-state index in [1.54, 1.807) is 24.9 Å². The van der Waals surface area contributed by atoms with Gasteiger partial charge < -0.3 is 16.2 Å². The van der Waals surface area contributed by atoms with Crippen molar-refractivity contribution >= 4 is 23.4 Å². The van der Waals surface area contributed by atoms with Gasteiger partial charge in [-0.25, -0.2) is 9.97 Å². The van der Waals surface area contributed by atoms with Gasteiger partial charge in [-0.15, -0.1) is 0 Å². The molecular formula is C11H18N4OS. The summed E-state index contributed by atoms with van der Waals surface area (Å²) in [5.74, 6) is 0.859. The molecule has 2 atom stereocenters. The van der Waals surface area contributed by atoms with Crippen LogP contribution in [0.4, 0.5) is 11.6 Å². The molecule has 2 rings (SSSR count). The van der Waals surface area contributed by atoms with E-state index in [4.69, 9.17) is 16.2 Å². The Kier molecular flexibility index (Phi) is 4.06. The average Bonchev–Trinajstić information content (AvgIpc) is 2.28. The minimum absolute atomic E-state index is 0.361. The third-order valence-corrected chi connectivity index (χ3v) is 4.08. The van der Waals surface area contributed by atoms with Crippen molar-refractivity contribution in [2.24, 2.45) is 0 Å². The van der Waals surface area contributed by atoms with E-state index in [-0.39, 0.29) is 0 Å². The Balaban J connectivity index is 2.00. The van der Waals surface area contributed by atoms with Gasteiger partial charge in [-0.2, -0.15) is 0 Å². The second kappa shape index (κ2) is 5.55. The molecule has 94 valence electrons. The largest absolute Gasteiger partial charge is 0.383 e. The fraction of sp³-hybridized carbons (Fsp3) is 0.636. The second-order valence-corrected chi connectivity index (χ2v) is 5.53. The number of nitrogens with two attached hydrogens (primary N) is 2. The molecule has 0 radical (unpaired) electrons. The third kappa shape index (κ3) is 3.47. The smallest absolute Gasteiger partial charge is 0.191 e. The number of methoxy groups -OCH3 is 1. The van der Waals surface area contributed by atoms with Crippen molar-refractivity contribution in [3.05, 3.63) is 6.07 Å². The molecule has 5 nitrogen and oxygen atoms in total. The summed E-state index contributed by atoms with van der Waals surface area (Å²) in [6, 6.07) is 1.57. The molecule has 0 spiro atoms. The van der Waals surface area contributed by atoms with Crippen LogP contribution < -0.4 is 11.5 Å². The van der Waals surface area contributed by atoms with Crippen LogP contribution in [0.15, 0.2) is 11.2 Å². The van der Waals surface area contributed by atoms with Gasteiger partial charge in [0.25, 0.3) is 0 Å². The molecule has 1 heterocycles. The number of aromatic nitrogens is 2. The summed E-state index contributed by atoms with van der Waals surface area (Å²) in [5, 5.41) is 1.17. The lowest BCUT2D eigenvalue weighted by Gasteiger charge is -2.27. The highest BCUT2D eigenvalue weighted by Crippen LogP contribution is 2.33. The number of ether oxygens (including phenoxy) is 1. The van der Waals surface area contributed by atoms with Crippen LogP contribution in [0.2, 0.25) is 0 Å². The summed E-state index contributed by atoms with van der Waals surface area (Å²) in [6.07, 6.45) is 4.91. The number of nitrogen functional groups attached to an aromatic ring is 2. The molecule has 2 unspecified atom stereocenters. The Morgan fingerprint density at radius 1 is 1.29 bits per heavy atom. The zero-order valence-electron chi connectivity index (χ0n) is 9.93. The van der Waals surface area contributed by atoms with Gasteiger partial charge >= 0.3 is 0 Å². The molecule has 1 saturated carbocycles. The van der Waals surface area contributed by atoms with Crippen LogP contribution in [-0.4, -0.2) is 28.4 Å². The van der Waals surface area contributed by atoms with Crippen molar-refractivity contribution < 1.29 is 4.74 Å².